The minimum Gasteiger partial charge on any atom is -0.368 e. The Labute approximate surface area is 151 Å². The van der Waals surface area contributed by atoms with Crippen LogP contribution in [-0.2, 0) is 5.54 Å². The van der Waals surface area contributed by atoms with Crippen LogP contribution in [0.25, 0.3) is 11.0 Å². The minimum atomic E-state index is -0.236. The molecule has 1 N–H and O–H groups in total. The van der Waals surface area contributed by atoms with Crippen molar-refractivity contribution < 1.29 is 0 Å². The summed E-state index contributed by atoms with van der Waals surface area (Å²) in [7, 11) is 0. The van der Waals surface area contributed by atoms with Crippen LogP contribution in [-0.4, -0.2) is 50.9 Å². The van der Waals surface area contributed by atoms with E-state index < -0.39 is 0 Å². The Morgan fingerprint density at radius 1 is 1.04 bits per heavy atom. The van der Waals surface area contributed by atoms with Crippen molar-refractivity contribution >= 4 is 22.7 Å². The molecular weight excluding hydrogens is 330 g/mol. The lowest BCUT2D eigenvalue weighted by Crippen LogP contribution is -2.47. The molecule has 0 radical (unpaired) electrons. The average molecular weight is 353 g/mol. The van der Waals surface area contributed by atoms with Gasteiger partial charge in [0.2, 0.25) is 5.95 Å². The van der Waals surface area contributed by atoms with E-state index >= 15 is 0 Å². The summed E-state index contributed by atoms with van der Waals surface area (Å²) >= 11 is 0. The quantitative estimate of drug-likeness (QED) is 0.753. The van der Waals surface area contributed by atoms with Crippen molar-refractivity contribution in [1.82, 2.24) is 24.7 Å². The Kier molecular flexibility index (Phi) is 3.90. The van der Waals surface area contributed by atoms with Crippen LogP contribution in [0, 0.1) is 0 Å². The number of nitrogens with one attached hydrogen (secondary N) is 1. The fraction of sp³-hybridized carbons (Fsp3) is 0.444. The maximum absolute atomic E-state index is 12.5. The van der Waals surface area contributed by atoms with Crippen LogP contribution in [0.4, 0.5) is 11.6 Å². The first kappa shape index (κ1) is 16.6. The molecule has 4 rings (SSSR count). The predicted molar refractivity (Wildman–Crippen MR) is 102 cm³/mol. The molecule has 1 fully saturated rings. The number of nitrogens with zero attached hydrogens (tertiary/aromatic N) is 6. The molecule has 0 amide bonds. The topological polar surface area (TPSA) is 82.9 Å². The second kappa shape index (κ2) is 6.12. The highest BCUT2D eigenvalue weighted by atomic mass is 16.1. The van der Waals surface area contributed by atoms with Crippen molar-refractivity contribution in [3.8, 4) is 0 Å². The summed E-state index contributed by atoms with van der Waals surface area (Å²) in [6.07, 6.45) is 5.21. The molecule has 0 saturated carbocycles. The number of pyridine rings is 1. The maximum Gasteiger partial charge on any atom is 0.263 e. The lowest BCUT2D eigenvalue weighted by atomic mass is 10.1. The molecule has 1 aliphatic rings. The van der Waals surface area contributed by atoms with Gasteiger partial charge in [0, 0.05) is 44.3 Å². The third-order valence-corrected chi connectivity index (χ3v) is 4.67. The number of H-pyrrole nitrogens is 1. The lowest BCUT2D eigenvalue weighted by Gasteiger charge is -2.36. The summed E-state index contributed by atoms with van der Waals surface area (Å²) in [5.74, 6) is 0.614. The first-order valence-corrected chi connectivity index (χ1v) is 8.82. The number of aromatic nitrogens is 5. The summed E-state index contributed by atoms with van der Waals surface area (Å²) < 4.78 is 1.81. The summed E-state index contributed by atoms with van der Waals surface area (Å²) in [5, 5.41) is 4.89. The number of rotatable bonds is 2. The molecule has 3 aromatic heterocycles. The first-order chi connectivity index (χ1) is 12.4. The summed E-state index contributed by atoms with van der Waals surface area (Å²) in [6.45, 7) is 9.47. The van der Waals surface area contributed by atoms with Gasteiger partial charge < -0.3 is 9.80 Å². The van der Waals surface area contributed by atoms with Gasteiger partial charge in [0.05, 0.1) is 11.7 Å². The van der Waals surface area contributed by atoms with Gasteiger partial charge in [-0.2, -0.15) is 10.1 Å². The largest absolute Gasteiger partial charge is 0.368 e. The number of anilines is 2. The predicted octanol–water partition coefficient (Wildman–Crippen LogP) is 1.60. The highest BCUT2D eigenvalue weighted by Gasteiger charge is 2.23. The molecule has 0 unspecified atom stereocenters. The summed E-state index contributed by atoms with van der Waals surface area (Å²) in [5.41, 5.74) is 1.42. The molecule has 0 bridgehead atoms. The van der Waals surface area contributed by atoms with Gasteiger partial charge in [-0.25, -0.2) is 4.68 Å². The SMILES string of the molecule is CC(C)(C)n1ncc2c(=O)[nH]c(N3CCN(c4ccncc4)CC3)nc21. The van der Waals surface area contributed by atoms with Crippen LogP contribution in [0.15, 0.2) is 35.5 Å². The van der Waals surface area contributed by atoms with Crippen molar-refractivity contribution in [2.45, 2.75) is 26.3 Å². The molecule has 1 aliphatic heterocycles. The van der Waals surface area contributed by atoms with Gasteiger partial charge >= 0.3 is 0 Å². The van der Waals surface area contributed by atoms with Gasteiger partial charge in [0.1, 0.15) is 5.39 Å². The van der Waals surface area contributed by atoms with E-state index in [9.17, 15) is 4.79 Å². The first-order valence-electron chi connectivity index (χ1n) is 8.82. The molecule has 26 heavy (non-hydrogen) atoms. The zero-order valence-electron chi connectivity index (χ0n) is 15.3. The van der Waals surface area contributed by atoms with Gasteiger partial charge in [0.25, 0.3) is 5.56 Å². The van der Waals surface area contributed by atoms with E-state index in [0.717, 1.165) is 26.2 Å². The van der Waals surface area contributed by atoms with Gasteiger partial charge in [-0.3, -0.25) is 14.8 Å². The summed E-state index contributed by atoms with van der Waals surface area (Å²) in [6, 6.07) is 4.04. The van der Waals surface area contributed by atoms with Crippen LogP contribution >= 0.6 is 0 Å². The Morgan fingerprint density at radius 2 is 1.69 bits per heavy atom. The van der Waals surface area contributed by atoms with Crippen LogP contribution in [0.3, 0.4) is 0 Å². The van der Waals surface area contributed by atoms with Crippen LogP contribution < -0.4 is 15.4 Å². The Bertz CT molecular complexity index is 963. The molecular formula is C18H23N7O. The van der Waals surface area contributed by atoms with E-state index in [0.29, 0.717) is 17.0 Å². The van der Waals surface area contributed by atoms with Crippen molar-refractivity contribution in [1.29, 1.82) is 0 Å². The molecule has 0 spiro atoms. The molecule has 8 heteroatoms. The third-order valence-electron chi connectivity index (χ3n) is 4.67. The van der Waals surface area contributed by atoms with E-state index in [1.54, 1.807) is 6.20 Å². The highest BCUT2D eigenvalue weighted by Crippen LogP contribution is 2.21. The molecule has 0 aliphatic carbocycles. The smallest absolute Gasteiger partial charge is 0.263 e. The molecule has 136 valence electrons. The van der Waals surface area contributed by atoms with Gasteiger partial charge in [-0.05, 0) is 32.9 Å². The third kappa shape index (κ3) is 2.91. The molecule has 8 nitrogen and oxygen atoms in total. The van der Waals surface area contributed by atoms with Gasteiger partial charge in [-0.1, -0.05) is 0 Å². The zero-order valence-corrected chi connectivity index (χ0v) is 15.3. The number of piperazine rings is 1. The minimum absolute atomic E-state index is 0.142. The second-order valence-electron chi connectivity index (χ2n) is 7.53. The standard InChI is InChI=1S/C18H23N7O/c1-18(2,3)25-15-14(12-20-25)16(26)22-17(21-15)24-10-8-23(9-11-24)13-4-6-19-7-5-13/h4-7,12H,8-11H2,1-3H3,(H,21,22,26). The highest BCUT2D eigenvalue weighted by molar-refractivity contribution is 5.74. The van der Waals surface area contributed by atoms with Gasteiger partial charge in [-0.15, -0.1) is 0 Å². The number of hydrogen-bond acceptors (Lipinski definition) is 6. The number of hydrogen-bond donors (Lipinski definition) is 1. The van der Waals surface area contributed by atoms with E-state index in [1.807, 2.05) is 29.2 Å². The van der Waals surface area contributed by atoms with Crippen molar-refractivity contribution in [3.05, 3.63) is 41.1 Å². The van der Waals surface area contributed by atoms with Crippen LogP contribution in [0.1, 0.15) is 20.8 Å². The van der Waals surface area contributed by atoms with Crippen LogP contribution in [0.2, 0.25) is 0 Å². The van der Waals surface area contributed by atoms with E-state index in [2.05, 4.69) is 45.6 Å². The number of fused-ring (bicyclic) bond motifs is 1. The second-order valence-corrected chi connectivity index (χ2v) is 7.53. The lowest BCUT2D eigenvalue weighted by molar-refractivity contribution is 0.366. The maximum atomic E-state index is 12.5. The van der Waals surface area contributed by atoms with E-state index in [-0.39, 0.29) is 11.1 Å². The Morgan fingerprint density at radius 3 is 2.35 bits per heavy atom. The zero-order chi connectivity index (χ0) is 18.3. The summed E-state index contributed by atoms with van der Waals surface area (Å²) in [4.78, 5) is 28.6. The van der Waals surface area contributed by atoms with E-state index in [1.165, 1.54) is 5.69 Å². The van der Waals surface area contributed by atoms with Crippen molar-refractivity contribution in [3.63, 3.8) is 0 Å². The van der Waals surface area contributed by atoms with Gasteiger partial charge in [0.15, 0.2) is 5.65 Å². The fourth-order valence-corrected chi connectivity index (χ4v) is 3.28. The Hall–Kier alpha value is -2.90. The van der Waals surface area contributed by atoms with Crippen LogP contribution in [0.5, 0.6) is 0 Å². The molecule has 3 aromatic rings. The molecule has 0 atom stereocenters. The average Bonchev–Trinajstić information content (AvgIpc) is 3.08. The Balaban J connectivity index is 1.61. The van der Waals surface area contributed by atoms with E-state index in [4.69, 9.17) is 4.98 Å². The monoisotopic (exact) mass is 353 g/mol. The normalized spacial score (nSPS) is 15.7. The molecule has 4 heterocycles. The van der Waals surface area contributed by atoms with Crippen molar-refractivity contribution in [2.24, 2.45) is 0 Å². The van der Waals surface area contributed by atoms with Crippen molar-refractivity contribution in [2.75, 3.05) is 36.0 Å². The fourth-order valence-electron chi connectivity index (χ4n) is 3.28. The number of aromatic amines is 1. The molecule has 0 aromatic carbocycles. The molecule has 1 saturated heterocycles.